The topological polar surface area (TPSA) is 78.4 Å². The predicted octanol–water partition coefficient (Wildman–Crippen LogP) is 3.48. The molecule has 0 saturated heterocycles. The van der Waals surface area contributed by atoms with Gasteiger partial charge >= 0.3 is 12.0 Å². The molecule has 0 aromatic carbocycles. The van der Waals surface area contributed by atoms with E-state index in [1.165, 1.54) is 11.3 Å². The average Bonchev–Trinajstić information content (AvgIpc) is 2.80. The lowest BCUT2D eigenvalue weighted by atomic mass is 9.84. The second kappa shape index (κ2) is 8.24. The van der Waals surface area contributed by atoms with Crippen molar-refractivity contribution in [1.82, 2.24) is 10.6 Å². The number of carboxylic acids is 1. The van der Waals surface area contributed by atoms with Gasteiger partial charge in [-0.2, -0.15) is 0 Å². The Balaban J connectivity index is 2.19. The molecule has 0 fully saturated rings. The fourth-order valence-electron chi connectivity index (χ4n) is 1.76. The van der Waals surface area contributed by atoms with Gasteiger partial charge < -0.3 is 15.7 Å². The molecule has 0 saturated carbocycles. The van der Waals surface area contributed by atoms with Crippen LogP contribution in [-0.4, -0.2) is 23.7 Å². The number of rotatable bonds is 8. The van der Waals surface area contributed by atoms with E-state index in [1.54, 1.807) is 6.07 Å². The van der Waals surface area contributed by atoms with Crippen LogP contribution in [-0.2, 0) is 11.3 Å². The molecule has 0 atom stereocenters. The quantitative estimate of drug-likeness (QED) is 0.682. The lowest BCUT2D eigenvalue weighted by Crippen LogP contribution is -2.36. The van der Waals surface area contributed by atoms with Gasteiger partial charge in [0, 0.05) is 17.8 Å². The highest BCUT2D eigenvalue weighted by molar-refractivity contribution is 7.16. The molecule has 1 aromatic rings. The second-order valence-electron chi connectivity index (χ2n) is 5.62. The van der Waals surface area contributed by atoms with Crippen LogP contribution in [0, 0.1) is 5.41 Å². The number of nitrogens with one attached hydrogen (secondary N) is 2. The lowest BCUT2D eigenvalue weighted by molar-refractivity contribution is -0.137. The molecule has 0 aliphatic heterocycles. The Kier molecular flexibility index (Phi) is 6.98. The Labute approximate surface area is 133 Å². The Morgan fingerprint density at radius 2 is 2.00 bits per heavy atom. The molecule has 7 heteroatoms. The van der Waals surface area contributed by atoms with Crippen LogP contribution >= 0.6 is 22.9 Å². The average molecular weight is 333 g/mol. The first-order valence-corrected chi connectivity index (χ1v) is 7.96. The van der Waals surface area contributed by atoms with Gasteiger partial charge in [-0.1, -0.05) is 25.4 Å². The highest BCUT2D eigenvalue weighted by Crippen LogP contribution is 2.26. The minimum Gasteiger partial charge on any atom is -0.481 e. The van der Waals surface area contributed by atoms with Crippen molar-refractivity contribution in [3.8, 4) is 0 Å². The standard InChI is InChI=1S/C14H21ClN2O3S/c1-14(2,6-5-12(18)19)7-8-16-13(20)17-9-10-3-4-11(15)21-10/h3-4H,5-9H2,1-2H3,(H,18,19)(H2,16,17,20). The maximum atomic E-state index is 11.6. The van der Waals surface area contributed by atoms with E-state index in [4.69, 9.17) is 16.7 Å². The van der Waals surface area contributed by atoms with Gasteiger partial charge in [0.15, 0.2) is 0 Å². The zero-order valence-electron chi connectivity index (χ0n) is 12.2. The zero-order chi connectivity index (χ0) is 15.9. The van der Waals surface area contributed by atoms with E-state index in [0.29, 0.717) is 23.8 Å². The zero-order valence-corrected chi connectivity index (χ0v) is 13.8. The third-order valence-electron chi connectivity index (χ3n) is 3.16. The van der Waals surface area contributed by atoms with Gasteiger partial charge in [0.25, 0.3) is 0 Å². The first-order chi connectivity index (χ1) is 9.78. The third kappa shape index (κ3) is 7.92. The number of aliphatic carboxylic acids is 1. The molecule has 0 spiro atoms. The van der Waals surface area contributed by atoms with E-state index in [2.05, 4.69) is 10.6 Å². The maximum Gasteiger partial charge on any atom is 0.315 e. The van der Waals surface area contributed by atoms with Crippen LogP contribution in [0.25, 0.3) is 0 Å². The number of hydrogen-bond donors (Lipinski definition) is 3. The van der Waals surface area contributed by atoms with Gasteiger partial charge in [-0.3, -0.25) is 4.79 Å². The number of carbonyl (C=O) groups is 2. The van der Waals surface area contributed by atoms with Crippen LogP contribution in [0.3, 0.4) is 0 Å². The number of thiophene rings is 1. The first kappa shape index (κ1) is 17.8. The van der Waals surface area contributed by atoms with Crippen molar-refractivity contribution in [2.24, 2.45) is 5.41 Å². The minimum absolute atomic E-state index is 0.104. The molecular weight excluding hydrogens is 312 g/mol. The van der Waals surface area contributed by atoms with Crippen LogP contribution in [0.1, 0.15) is 38.0 Å². The van der Waals surface area contributed by atoms with Gasteiger partial charge in [0.05, 0.1) is 10.9 Å². The van der Waals surface area contributed by atoms with Crippen LogP contribution in [0.5, 0.6) is 0 Å². The van der Waals surface area contributed by atoms with Gasteiger partial charge in [-0.05, 0) is 30.4 Å². The van der Waals surface area contributed by atoms with E-state index in [0.717, 1.165) is 11.3 Å². The molecule has 0 bridgehead atoms. The molecule has 1 rings (SSSR count). The van der Waals surface area contributed by atoms with Crippen LogP contribution in [0.15, 0.2) is 12.1 Å². The van der Waals surface area contributed by atoms with Crippen molar-refractivity contribution >= 4 is 34.9 Å². The molecule has 0 aliphatic carbocycles. The van der Waals surface area contributed by atoms with Crippen molar-refractivity contribution < 1.29 is 14.7 Å². The molecule has 21 heavy (non-hydrogen) atoms. The summed E-state index contributed by atoms with van der Waals surface area (Å²) in [7, 11) is 0. The summed E-state index contributed by atoms with van der Waals surface area (Å²) in [6.07, 6.45) is 1.48. The van der Waals surface area contributed by atoms with E-state index in [-0.39, 0.29) is 17.9 Å². The number of halogens is 1. The van der Waals surface area contributed by atoms with Crippen LogP contribution in [0.4, 0.5) is 4.79 Å². The summed E-state index contributed by atoms with van der Waals surface area (Å²) < 4.78 is 0.701. The van der Waals surface area contributed by atoms with Gasteiger partial charge in [-0.15, -0.1) is 11.3 Å². The van der Waals surface area contributed by atoms with E-state index >= 15 is 0 Å². The summed E-state index contributed by atoms with van der Waals surface area (Å²) in [6, 6.07) is 3.45. The molecular formula is C14H21ClN2O3S. The second-order valence-corrected chi connectivity index (χ2v) is 7.42. The molecule has 0 aliphatic rings. The Morgan fingerprint density at radius 3 is 2.57 bits per heavy atom. The molecule has 5 nitrogen and oxygen atoms in total. The van der Waals surface area contributed by atoms with Crippen molar-refractivity contribution in [2.45, 2.75) is 39.7 Å². The van der Waals surface area contributed by atoms with Gasteiger partial charge in [-0.25, -0.2) is 4.79 Å². The molecule has 3 N–H and O–H groups in total. The summed E-state index contributed by atoms with van der Waals surface area (Å²) in [5.74, 6) is -0.789. The largest absolute Gasteiger partial charge is 0.481 e. The number of hydrogen-bond acceptors (Lipinski definition) is 3. The molecule has 118 valence electrons. The summed E-state index contributed by atoms with van der Waals surface area (Å²) in [4.78, 5) is 23.2. The smallest absolute Gasteiger partial charge is 0.315 e. The fraction of sp³-hybridized carbons (Fsp3) is 0.571. The Bertz CT molecular complexity index is 488. The highest BCUT2D eigenvalue weighted by atomic mass is 35.5. The normalized spacial score (nSPS) is 11.2. The molecule has 2 amide bonds. The summed E-state index contributed by atoms with van der Waals surface area (Å²) >= 11 is 7.24. The molecule has 0 radical (unpaired) electrons. The summed E-state index contributed by atoms with van der Waals surface area (Å²) in [6.45, 7) is 4.97. The van der Waals surface area contributed by atoms with Gasteiger partial charge in [0.1, 0.15) is 0 Å². The van der Waals surface area contributed by atoms with Crippen LogP contribution < -0.4 is 10.6 Å². The fourth-order valence-corrected chi connectivity index (χ4v) is 2.79. The predicted molar refractivity (Wildman–Crippen MR) is 84.8 cm³/mol. The molecule has 1 heterocycles. The van der Waals surface area contributed by atoms with Crippen molar-refractivity contribution in [2.75, 3.05) is 6.54 Å². The number of carbonyl (C=O) groups excluding carboxylic acids is 1. The maximum absolute atomic E-state index is 11.6. The van der Waals surface area contributed by atoms with Crippen molar-refractivity contribution in [3.63, 3.8) is 0 Å². The summed E-state index contributed by atoms with van der Waals surface area (Å²) in [5, 5.41) is 14.2. The number of amides is 2. The molecule has 0 unspecified atom stereocenters. The number of carboxylic acid groups (broad SMARTS) is 1. The van der Waals surface area contributed by atoms with E-state index in [1.807, 2.05) is 19.9 Å². The minimum atomic E-state index is -0.789. The number of urea groups is 1. The summed E-state index contributed by atoms with van der Waals surface area (Å²) in [5.41, 5.74) is -0.104. The SMILES string of the molecule is CC(C)(CCNC(=O)NCc1ccc(Cl)s1)CCC(=O)O. The monoisotopic (exact) mass is 332 g/mol. The van der Waals surface area contributed by atoms with Crippen LogP contribution in [0.2, 0.25) is 4.34 Å². The third-order valence-corrected chi connectivity index (χ3v) is 4.39. The van der Waals surface area contributed by atoms with Crippen molar-refractivity contribution in [1.29, 1.82) is 0 Å². The van der Waals surface area contributed by atoms with Gasteiger partial charge in [0.2, 0.25) is 0 Å². The van der Waals surface area contributed by atoms with E-state index < -0.39 is 5.97 Å². The van der Waals surface area contributed by atoms with E-state index in [9.17, 15) is 9.59 Å². The Hall–Kier alpha value is -1.27. The van der Waals surface area contributed by atoms with Crippen molar-refractivity contribution in [3.05, 3.63) is 21.3 Å². The molecule has 1 aromatic heterocycles. The first-order valence-electron chi connectivity index (χ1n) is 6.76. The lowest BCUT2D eigenvalue weighted by Gasteiger charge is -2.23. The highest BCUT2D eigenvalue weighted by Gasteiger charge is 2.19. The Morgan fingerprint density at radius 1 is 1.29 bits per heavy atom.